The topological polar surface area (TPSA) is 21.3 Å². The van der Waals surface area contributed by atoms with E-state index in [1.807, 2.05) is 0 Å². The second kappa shape index (κ2) is 5.72. The molecule has 0 aromatic heterocycles. The van der Waals surface area contributed by atoms with Crippen LogP contribution in [0.4, 0.5) is 0 Å². The molecule has 0 aromatic carbocycles. The predicted octanol–water partition coefficient (Wildman–Crippen LogP) is 2.58. The summed E-state index contributed by atoms with van der Waals surface area (Å²) in [6.45, 7) is 6.81. The van der Waals surface area contributed by atoms with Crippen molar-refractivity contribution in [1.29, 1.82) is 0 Å². The van der Waals surface area contributed by atoms with Gasteiger partial charge in [-0.25, -0.2) is 0 Å². The molecule has 0 spiro atoms. The van der Waals surface area contributed by atoms with E-state index in [1.165, 1.54) is 38.6 Å². The average Bonchev–Trinajstić information content (AvgIpc) is 2.62. The largest absolute Gasteiger partial charge is 0.385 e. The zero-order valence-electron chi connectivity index (χ0n) is 9.94. The molecule has 0 saturated carbocycles. The standard InChI is InChI=1S/C12H25NO/c1-11(2)12(8-6-9-13-12)7-4-5-10-14-3/h11,13H,4-10H2,1-3H3. The average molecular weight is 199 g/mol. The minimum atomic E-state index is 0.438. The Hall–Kier alpha value is -0.0800. The molecule has 1 aliphatic heterocycles. The van der Waals surface area contributed by atoms with Gasteiger partial charge < -0.3 is 10.1 Å². The molecule has 0 aromatic rings. The maximum absolute atomic E-state index is 5.08. The molecular formula is C12H25NO. The Balaban J connectivity index is 2.29. The van der Waals surface area contributed by atoms with Crippen LogP contribution in [0.1, 0.15) is 46.0 Å². The second-order valence-corrected chi connectivity index (χ2v) is 4.79. The Morgan fingerprint density at radius 3 is 2.64 bits per heavy atom. The third-order valence-corrected chi connectivity index (χ3v) is 3.60. The van der Waals surface area contributed by atoms with Gasteiger partial charge in [0.05, 0.1) is 0 Å². The fraction of sp³-hybridized carbons (Fsp3) is 1.00. The summed E-state index contributed by atoms with van der Waals surface area (Å²) in [6.07, 6.45) is 6.51. The van der Waals surface area contributed by atoms with Crippen LogP contribution in [0.2, 0.25) is 0 Å². The second-order valence-electron chi connectivity index (χ2n) is 4.79. The van der Waals surface area contributed by atoms with E-state index in [2.05, 4.69) is 19.2 Å². The monoisotopic (exact) mass is 199 g/mol. The van der Waals surface area contributed by atoms with E-state index >= 15 is 0 Å². The molecule has 1 heterocycles. The number of ether oxygens (including phenoxy) is 1. The van der Waals surface area contributed by atoms with Gasteiger partial charge in [-0.15, -0.1) is 0 Å². The summed E-state index contributed by atoms with van der Waals surface area (Å²) in [4.78, 5) is 0. The Kier molecular flexibility index (Phi) is 4.90. The van der Waals surface area contributed by atoms with E-state index in [1.54, 1.807) is 7.11 Å². The lowest BCUT2D eigenvalue weighted by atomic mass is 9.81. The van der Waals surface area contributed by atoms with Crippen LogP contribution in [0, 0.1) is 5.92 Å². The van der Waals surface area contributed by atoms with Gasteiger partial charge in [0.15, 0.2) is 0 Å². The van der Waals surface area contributed by atoms with E-state index in [-0.39, 0.29) is 0 Å². The Labute approximate surface area is 88.4 Å². The van der Waals surface area contributed by atoms with E-state index in [0.29, 0.717) is 5.54 Å². The summed E-state index contributed by atoms with van der Waals surface area (Å²) in [6, 6.07) is 0. The van der Waals surface area contributed by atoms with Crippen LogP contribution in [0.5, 0.6) is 0 Å². The molecule has 14 heavy (non-hydrogen) atoms. The molecule has 2 heteroatoms. The van der Waals surface area contributed by atoms with Crippen LogP contribution in [0.15, 0.2) is 0 Å². The lowest BCUT2D eigenvalue weighted by molar-refractivity contribution is 0.180. The van der Waals surface area contributed by atoms with Gasteiger partial charge in [0, 0.05) is 19.3 Å². The van der Waals surface area contributed by atoms with E-state index in [4.69, 9.17) is 4.74 Å². The molecule has 0 aliphatic carbocycles. The van der Waals surface area contributed by atoms with E-state index < -0.39 is 0 Å². The first kappa shape index (κ1) is 12.0. The molecule has 1 rings (SSSR count). The fourth-order valence-corrected chi connectivity index (χ4v) is 2.51. The minimum absolute atomic E-state index is 0.438. The van der Waals surface area contributed by atoms with Crippen molar-refractivity contribution >= 4 is 0 Å². The molecule has 0 radical (unpaired) electrons. The summed E-state index contributed by atoms with van der Waals surface area (Å²) in [7, 11) is 1.78. The normalized spacial score (nSPS) is 27.4. The number of nitrogens with one attached hydrogen (secondary N) is 1. The molecule has 1 fully saturated rings. The number of methoxy groups -OCH3 is 1. The first-order valence-corrected chi connectivity index (χ1v) is 5.95. The Morgan fingerprint density at radius 1 is 1.36 bits per heavy atom. The molecule has 1 N–H and O–H groups in total. The van der Waals surface area contributed by atoms with Gasteiger partial charge in [0.25, 0.3) is 0 Å². The quantitative estimate of drug-likeness (QED) is 0.664. The van der Waals surface area contributed by atoms with Crippen molar-refractivity contribution in [2.45, 2.75) is 51.5 Å². The van der Waals surface area contributed by atoms with Crippen molar-refractivity contribution in [3.05, 3.63) is 0 Å². The molecule has 1 unspecified atom stereocenters. The highest BCUT2D eigenvalue weighted by atomic mass is 16.5. The molecule has 0 bridgehead atoms. The van der Waals surface area contributed by atoms with Gasteiger partial charge in [0.1, 0.15) is 0 Å². The van der Waals surface area contributed by atoms with Gasteiger partial charge in [-0.3, -0.25) is 0 Å². The number of hydrogen-bond acceptors (Lipinski definition) is 2. The highest BCUT2D eigenvalue weighted by molar-refractivity contribution is 4.95. The van der Waals surface area contributed by atoms with Crippen molar-refractivity contribution in [2.24, 2.45) is 5.92 Å². The molecule has 84 valence electrons. The van der Waals surface area contributed by atoms with Crippen LogP contribution in [-0.4, -0.2) is 25.8 Å². The summed E-state index contributed by atoms with van der Waals surface area (Å²) >= 11 is 0. The molecule has 2 nitrogen and oxygen atoms in total. The molecule has 1 aliphatic rings. The Bertz CT molecular complexity index is 150. The van der Waals surface area contributed by atoms with E-state index in [0.717, 1.165) is 12.5 Å². The minimum Gasteiger partial charge on any atom is -0.385 e. The summed E-state index contributed by atoms with van der Waals surface area (Å²) in [5.41, 5.74) is 0.438. The van der Waals surface area contributed by atoms with Gasteiger partial charge in [0.2, 0.25) is 0 Å². The third kappa shape index (κ3) is 2.96. The summed E-state index contributed by atoms with van der Waals surface area (Å²) in [5.74, 6) is 0.757. The van der Waals surface area contributed by atoms with E-state index in [9.17, 15) is 0 Å². The lowest BCUT2D eigenvalue weighted by Gasteiger charge is -2.34. The zero-order valence-corrected chi connectivity index (χ0v) is 9.94. The highest BCUT2D eigenvalue weighted by Gasteiger charge is 2.35. The molecule has 1 atom stereocenters. The van der Waals surface area contributed by atoms with Crippen molar-refractivity contribution in [2.75, 3.05) is 20.3 Å². The van der Waals surface area contributed by atoms with Gasteiger partial charge >= 0.3 is 0 Å². The summed E-state index contributed by atoms with van der Waals surface area (Å²) in [5, 5.41) is 3.71. The van der Waals surface area contributed by atoms with Crippen molar-refractivity contribution in [3.63, 3.8) is 0 Å². The number of rotatable bonds is 6. The third-order valence-electron chi connectivity index (χ3n) is 3.60. The number of unbranched alkanes of at least 4 members (excludes halogenated alkanes) is 1. The highest BCUT2D eigenvalue weighted by Crippen LogP contribution is 2.32. The first-order chi connectivity index (χ1) is 6.71. The summed E-state index contributed by atoms with van der Waals surface area (Å²) < 4.78 is 5.08. The maximum Gasteiger partial charge on any atom is 0.0462 e. The van der Waals surface area contributed by atoms with Crippen molar-refractivity contribution in [3.8, 4) is 0 Å². The van der Waals surface area contributed by atoms with Gasteiger partial charge in [-0.2, -0.15) is 0 Å². The van der Waals surface area contributed by atoms with Gasteiger partial charge in [-0.05, 0) is 44.6 Å². The molecule has 1 saturated heterocycles. The number of hydrogen-bond donors (Lipinski definition) is 1. The Morgan fingerprint density at radius 2 is 2.14 bits per heavy atom. The predicted molar refractivity (Wildman–Crippen MR) is 60.5 cm³/mol. The van der Waals surface area contributed by atoms with Crippen LogP contribution >= 0.6 is 0 Å². The van der Waals surface area contributed by atoms with Crippen LogP contribution in [0.25, 0.3) is 0 Å². The van der Waals surface area contributed by atoms with Gasteiger partial charge in [-0.1, -0.05) is 13.8 Å². The maximum atomic E-state index is 5.08. The zero-order chi connectivity index (χ0) is 10.4. The van der Waals surface area contributed by atoms with Crippen molar-refractivity contribution < 1.29 is 4.74 Å². The van der Waals surface area contributed by atoms with Crippen molar-refractivity contribution in [1.82, 2.24) is 5.32 Å². The molecular weight excluding hydrogens is 174 g/mol. The van der Waals surface area contributed by atoms with Crippen LogP contribution in [0.3, 0.4) is 0 Å². The van der Waals surface area contributed by atoms with Crippen LogP contribution in [-0.2, 0) is 4.74 Å². The first-order valence-electron chi connectivity index (χ1n) is 5.95. The lowest BCUT2D eigenvalue weighted by Crippen LogP contribution is -2.44. The fourth-order valence-electron chi connectivity index (χ4n) is 2.51. The smallest absolute Gasteiger partial charge is 0.0462 e. The SMILES string of the molecule is COCCCCC1(C(C)C)CCCN1. The molecule has 0 amide bonds. The van der Waals surface area contributed by atoms with Crippen LogP contribution < -0.4 is 5.32 Å².